The Balaban J connectivity index is 2.07. The van der Waals surface area contributed by atoms with E-state index >= 15 is 0 Å². The number of anilines is 1. The molecule has 4 nitrogen and oxygen atoms in total. The van der Waals surface area contributed by atoms with Gasteiger partial charge < -0.3 is 14.8 Å². The quantitative estimate of drug-likeness (QED) is 0.870. The molecule has 22 heavy (non-hydrogen) atoms. The Hall–Kier alpha value is -2.20. The van der Waals surface area contributed by atoms with Crippen molar-refractivity contribution in [3.63, 3.8) is 0 Å². The van der Waals surface area contributed by atoms with Crippen LogP contribution < -0.4 is 14.8 Å². The third-order valence-corrected chi connectivity index (χ3v) is 3.44. The van der Waals surface area contributed by atoms with Gasteiger partial charge in [-0.1, -0.05) is 36.7 Å². The van der Waals surface area contributed by atoms with Gasteiger partial charge in [-0.15, -0.1) is 0 Å². The second-order valence-electron chi connectivity index (χ2n) is 4.66. The molecule has 1 atom stereocenters. The van der Waals surface area contributed by atoms with Crippen LogP contribution >= 0.6 is 11.6 Å². The average molecular weight is 320 g/mol. The average Bonchev–Trinajstić information content (AvgIpc) is 2.54. The molecule has 0 aromatic heterocycles. The van der Waals surface area contributed by atoms with Crippen LogP contribution in [0.4, 0.5) is 5.69 Å². The minimum atomic E-state index is -0.608. The maximum absolute atomic E-state index is 12.3. The molecule has 2 rings (SSSR count). The van der Waals surface area contributed by atoms with Crippen LogP contribution in [-0.4, -0.2) is 19.1 Å². The maximum Gasteiger partial charge on any atom is 0.265 e. The summed E-state index contributed by atoms with van der Waals surface area (Å²) in [7, 11) is 1.58. The summed E-state index contributed by atoms with van der Waals surface area (Å²) in [5, 5.41) is 3.28. The predicted molar refractivity (Wildman–Crippen MR) is 87.8 cm³/mol. The zero-order valence-corrected chi connectivity index (χ0v) is 13.3. The first kappa shape index (κ1) is 16.2. The SMILES string of the molecule is CC[C@@H](Oc1cccc(OC)c1)C(=O)Nc1ccccc1Cl. The molecule has 0 radical (unpaired) electrons. The summed E-state index contributed by atoms with van der Waals surface area (Å²) >= 11 is 6.04. The molecule has 0 heterocycles. The van der Waals surface area contributed by atoms with Crippen molar-refractivity contribution in [3.8, 4) is 11.5 Å². The van der Waals surface area contributed by atoms with Crippen molar-refractivity contribution in [1.82, 2.24) is 0 Å². The van der Waals surface area contributed by atoms with Crippen LogP contribution in [0.25, 0.3) is 0 Å². The number of halogens is 1. The van der Waals surface area contributed by atoms with E-state index in [2.05, 4.69) is 5.32 Å². The Morgan fingerprint density at radius 3 is 2.59 bits per heavy atom. The fraction of sp³-hybridized carbons (Fsp3) is 0.235. The molecule has 2 aromatic rings. The van der Waals surface area contributed by atoms with Gasteiger partial charge in [0.05, 0.1) is 17.8 Å². The highest BCUT2D eigenvalue weighted by Gasteiger charge is 2.19. The van der Waals surface area contributed by atoms with Gasteiger partial charge in [-0.2, -0.15) is 0 Å². The van der Waals surface area contributed by atoms with Crippen molar-refractivity contribution >= 4 is 23.2 Å². The van der Waals surface area contributed by atoms with Gasteiger partial charge in [0, 0.05) is 6.07 Å². The normalized spacial score (nSPS) is 11.6. The van der Waals surface area contributed by atoms with Crippen molar-refractivity contribution < 1.29 is 14.3 Å². The molecule has 1 N–H and O–H groups in total. The van der Waals surface area contributed by atoms with Crippen molar-refractivity contribution in [2.24, 2.45) is 0 Å². The zero-order valence-electron chi connectivity index (χ0n) is 12.5. The number of nitrogens with one attached hydrogen (secondary N) is 1. The molecular formula is C17H18ClNO3. The topological polar surface area (TPSA) is 47.6 Å². The van der Waals surface area contributed by atoms with E-state index in [1.54, 1.807) is 31.4 Å². The number of carbonyl (C=O) groups is 1. The maximum atomic E-state index is 12.3. The highest BCUT2D eigenvalue weighted by molar-refractivity contribution is 6.33. The van der Waals surface area contributed by atoms with Crippen LogP contribution in [0.2, 0.25) is 5.02 Å². The molecule has 1 amide bonds. The molecule has 0 aliphatic rings. The molecule has 0 unspecified atom stereocenters. The number of hydrogen-bond acceptors (Lipinski definition) is 3. The second-order valence-corrected chi connectivity index (χ2v) is 5.07. The number of benzene rings is 2. The Labute approximate surface area is 135 Å². The van der Waals surface area contributed by atoms with E-state index in [9.17, 15) is 4.79 Å². The highest BCUT2D eigenvalue weighted by atomic mass is 35.5. The van der Waals surface area contributed by atoms with E-state index in [0.29, 0.717) is 28.6 Å². The molecule has 5 heteroatoms. The fourth-order valence-corrected chi connectivity index (χ4v) is 2.12. The van der Waals surface area contributed by atoms with Gasteiger partial charge >= 0.3 is 0 Å². The molecular weight excluding hydrogens is 302 g/mol. The largest absolute Gasteiger partial charge is 0.497 e. The molecule has 0 saturated carbocycles. The third kappa shape index (κ3) is 4.15. The van der Waals surface area contributed by atoms with E-state index in [1.807, 2.05) is 31.2 Å². The van der Waals surface area contributed by atoms with E-state index in [1.165, 1.54) is 0 Å². The first-order valence-electron chi connectivity index (χ1n) is 7.00. The summed E-state index contributed by atoms with van der Waals surface area (Å²) in [6, 6.07) is 14.2. The lowest BCUT2D eigenvalue weighted by atomic mass is 10.2. The van der Waals surface area contributed by atoms with Gasteiger partial charge in [0.2, 0.25) is 0 Å². The molecule has 0 bridgehead atoms. The summed E-state index contributed by atoms with van der Waals surface area (Å²) < 4.78 is 10.9. The molecule has 0 aliphatic carbocycles. The lowest BCUT2D eigenvalue weighted by Gasteiger charge is -2.18. The molecule has 2 aromatic carbocycles. The van der Waals surface area contributed by atoms with E-state index in [0.717, 1.165) is 0 Å². The standard InChI is InChI=1S/C17H18ClNO3/c1-3-16(22-13-8-6-7-12(11-13)21-2)17(20)19-15-10-5-4-9-14(15)18/h4-11,16H,3H2,1-2H3,(H,19,20)/t16-/m1/s1. The fourth-order valence-electron chi connectivity index (χ4n) is 1.94. The lowest BCUT2D eigenvalue weighted by Crippen LogP contribution is -2.32. The lowest BCUT2D eigenvalue weighted by molar-refractivity contribution is -0.122. The van der Waals surface area contributed by atoms with Crippen LogP contribution in [-0.2, 0) is 4.79 Å². The Bertz CT molecular complexity index is 645. The Morgan fingerprint density at radius 2 is 1.91 bits per heavy atom. The van der Waals surface area contributed by atoms with Gasteiger partial charge in [-0.3, -0.25) is 4.79 Å². The predicted octanol–water partition coefficient (Wildman–Crippen LogP) is 4.14. The van der Waals surface area contributed by atoms with E-state index < -0.39 is 6.10 Å². The van der Waals surface area contributed by atoms with E-state index in [4.69, 9.17) is 21.1 Å². The van der Waals surface area contributed by atoms with Crippen LogP contribution in [0.15, 0.2) is 48.5 Å². The summed E-state index contributed by atoms with van der Waals surface area (Å²) in [6.07, 6.45) is -0.0728. The molecule has 0 spiro atoms. The number of carbonyl (C=O) groups excluding carboxylic acids is 1. The van der Waals surface area contributed by atoms with Gasteiger partial charge in [0.1, 0.15) is 11.5 Å². The number of rotatable bonds is 6. The van der Waals surface area contributed by atoms with Crippen LogP contribution in [0, 0.1) is 0 Å². The number of ether oxygens (including phenoxy) is 2. The van der Waals surface area contributed by atoms with Gasteiger partial charge in [-0.25, -0.2) is 0 Å². The van der Waals surface area contributed by atoms with Crippen LogP contribution in [0.3, 0.4) is 0 Å². The third-order valence-electron chi connectivity index (χ3n) is 3.11. The number of hydrogen-bond donors (Lipinski definition) is 1. The number of amides is 1. The number of methoxy groups -OCH3 is 1. The second kappa shape index (κ2) is 7.71. The van der Waals surface area contributed by atoms with Crippen LogP contribution in [0.1, 0.15) is 13.3 Å². The van der Waals surface area contributed by atoms with Gasteiger partial charge in [0.25, 0.3) is 5.91 Å². The summed E-state index contributed by atoms with van der Waals surface area (Å²) in [5.41, 5.74) is 0.571. The van der Waals surface area contributed by atoms with Gasteiger partial charge in [0.15, 0.2) is 6.10 Å². The highest BCUT2D eigenvalue weighted by Crippen LogP contribution is 2.23. The van der Waals surface area contributed by atoms with Crippen LogP contribution in [0.5, 0.6) is 11.5 Å². The van der Waals surface area contributed by atoms with Crippen molar-refractivity contribution in [3.05, 3.63) is 53.6 Å². The summed E-state index contributed by atoms with van der Waals surface area (Å²) in [5.74, 6) is 1.03. The first-order valence-corrected chi connectivity index (χ1v) is 7.38. The van der Waals surface area contributed by atoms with E-state index in [-0.39, 0.29) is 5.91 Å². The smallest absolute Gasteiger partial charge is 0.265 e. The first-order chi connectivity index (χ1) is 10.6. The summed E-state index contributed by atoms with van der Waals surface area (Å²) in [6.45, 7) is 1.89. The molecule has 0 fully saturated rings. The minimum absolute atomic E-state index is 0.238. The molecule has 0 saturated heterocycles. The molecule has 116 valence electrons. The Morgan fingerprint density at radius 1 is 1.18 bits per heavy atom. The summed E-state index contributed by atoms with van der Waals surface area (Å²) in [4.78, 5) is 12.3. The van der Waals surface area contributed by atoms with Crippen molar-refractivity contribution in [2.75, 3.05) is 12.4 Å². The van der Waals surface area contributed by atoms with Gasteiger partial charge in [-0.05, 0) is 30.7 Å². The minimum Gasteiger partial charge on any atom is -0.497 e. The zero-order chi connectivity index (χ0) is 15.9. The Kier molecular flexibility index (Phi) is 5.67. The van der Waals surface area contributed by atoms with Crippen molar-refractivity contribution in [1.29, 1.82) is 0 Å². The van der Waals surface area contributed by atoms with Crippen molar-refractivity contribution in [2.45, 2.75) is 19.4 Å². The molecule has 0 aliphatic heterocycles. The monoisotopic (exact) mass is 319 g/mol. The number of para-hydroxylation sites is 1.